The van der Waals surface area contributed by atoms with Gasteiger partial charge in [0.05, 0.1) is 11.6 Å². The predicted octanol–water partition coefficient (Wildman–Crippen LogP) is 3.00. The van der Waals surface area contributed by atoms with E-state index < -0.39 is 12.0 Å². The zero-order valence-electron chi connectivity index (χ0n) is 13.7. The van der Waals surface area contributed by atoms with Gasteiger partial charge in [0.15, 0.2) is 0 Å². The second kappa shape index (κ2) is 7.63. The summed E-state index contributed by atoms with van der Waals surface area (Å²) in [6.45, 7) is 5.86. The molecule has 5 nitrogen and oxygen atoms in total. The normalized spacial score (nSPS) is 17.9. The van der Waals surface area contributed by atoms with Crippen LogP contribution in [0.15, 0.2) is 47.7 Å². The first-order chi connectivity index (χ1) is 11.1. The van der Waals surface area contributed by atoms with Crippen molar-refractivity contribution in [2.75, 3.05) is 6.61 Å². The quantitative estimate of drug-likeness (QED) is 0.648. The zero-order valence-corrected chi connectivity index (χ0v) is 13.7. The van der Waals surface area contributed by atoms with Crippen LogP contribution in [0, 0.1) is 0 Å². The molecule has 0 radical (unpaired) electrons. The molecule has 0 saturated heterocycles. The molecule has 2 rings (SSSR count). The Morgan fingerprint density at radius 3 is 2.61 bits per heavy atom. The highest BCUT2D eigenvalue weighted by atomic mass is 16.5. The maximum atomic E-state index is 12.4. The molecule has 0 fully saturated rings. The Hall–Kier alpha value is -2.56. The summed E-state index contributed by atoms with van der Waals surface area (Å²) in [5.41, 5.74) is 3.00. The Morgan fingerprint density at radius 1 is 1.30 bits per heavy atom. The highest BCUT2D eigenvalue weighted by Gasteiger charge is 2.31. The van der Waals surface area contributed by atoms with Gasteiger partial charge in [-0.3, -0.25) is 0 Å². The molecule has 1 aromatic rings. The fraction of sp³-hybridized carbons (Fsp3) is 0.333. The van der Waals surface area contributed by atoms with Crippen LogP contribution in [0.3, 0.4) is 0 Å². The van der Waals surface area contributed by atoms with Crippen LogP contribution in [-0.2, 0) is 16.0 Å². The molecular formula is C18H22N2O3. The van der Waals surface area contributed by atoms with Gasteiger partial charge in [0, 0.05) is 5.70 Å². The molecule has 1 aliphatic heterocycles. The van der Waals surface area contributed by atoms with Crippen LogP contribution in [-0.4, -0.2) is 18.6 Å². The minimum Gasteiger partial charge on any atom is -0.458 e. The molecule has 2 amide bonds. The number of nitrogens with one attached hydrogen (secondary N) is 2. The van der Waals surface area contributed by atoms with Crippen molar-refractivity contribution in [2.45, 2.75) is 33.2 Å². The van der Waals surface area contributed by atoms with Gasteiger partial charge in [0.2, 0.25) is 0 Å². The lowest BCUT2D eigenvalue weighted by Crippen LogP contribution is -2.45. The Morgan fingerprint density at radius 2 is 2.00 bits per heavy atom. The molecule has 0 bridgehead atoms. The summed E-state index contributed by atoms with van der Waals surface area (Å²) in [6, 6.07) is 7.04. The second-order valence-corrected chi connectivity index (χ2v) is 5.33. The second-order valence-electron chi connectivity index (χ2n) is 5.33. The van der Waals surface area contributed by atoms with Crippen molar-refractivity contribution in [3.8, 4) is 0 Å². The zero-order chi connectivity index (χ0) is 16.8. The predicted molar refractivity (Wildman–Crippen MR) is 88.7 cm³/mol. The third-order valence-corrected chi connectivity index (χ3v) is 3.76. The number of hydrogen-bond acceptors (Lipinski definition) is 3. The number of rotatable bonds is 5. The van der Waals surface area contributed by atoms with Crippen molar-refractivity contribution in [3.05, 3.63) is 58.8 Å². The van der Waals surface area contributed by atoms with Gasteiger partial charge < -0.3 is 15.4 Å². The van der Waals surface area contributed by atoms with E-state index in [4.69, 9.17) is 4.74 Å². The van der Waals surface area contributed by atoms with E-state index in [1.54, 1.807) is 13.0 Å². The summed E-state index contributed by atoms with van der Waals surface area (Å²) in [5, 5.41) is 5.43. The number of hydrogen-bond donors (Lipinski definition) is 2. The van der Waals surface area contributed by atoms with E-state index in [2.05, 4.69) is 17.6 Å². The summed E-state index contributed by atoms with van der Waals surface area (Å²) in [5.74, 6) is -0.433. The number of allylic oxidation sites excluding steroid dienone is 2. The topological polar surface area (TPSA) is 67.4 Å². The molecule has 1 unspecified atom stereocenters. The minimum atomic E-state index is -0.507. The van der Waals surface area contributed by atoms with E-state index in [1.165, 1.54) is 5.56 Å². The number of esters is 1. The molecule has 0 spiro atoms. The summed E-state index contributed by atoms with van der Waals surface area (Å²) >= 11 is 0. The Bertz CT molecular complexity index is 645. The van der Waals surface area contributed by atoms with Gasteiger partial charge in [-0.15, -0.1) is 0 Å². The van der Waals surface area contributed by atoms with Crippen LogP contribution in [0.25, 0.3) is 0 Å². The Kier molecular flexibility index (Phi) is 5.57. The summed E-state index contributed by atoms with van der Waals surface area (Å²) in [6.07, 6.45) is 4.51. The van der Waals surface area contributed by atoms with Crippen LogP contribution in [0.2, 0.25) is 0 Å². The molecule has 1 aliphatic rings. The first kappa shape index (κ1) is 16.8. The van der Waals surface area contributed by atoms with Gasteiger partial charge in [-0.2, -0.15) is 0 Å². The van der Waals surface area contributed by atoms with Gasteiger partial charge >= 0.3 is 12.0 Å². The molecule has 0 aromatic heterocycles. The van der Waals surface area contributed by atoms with E-state index in [1.807, 2.05) is 37.3 Å². The molecule has 1 aromatic carbocycles. The van der Waals surface area contributed by atoms with Crippen molar-refractivity contribution in [3.63, 3.8) is 0 Å². The van der Waals surface area contributed by atoms with Crippen LogP contribution in [0.5, 0.6) is 0 Å². The maximum Gasteiger partial charge on any atom is 0.338 e. The lowest BCUT2D eigenvalue weighted by molar-refractivity contribution is -0.138. The SMILES string of the molecule is CC=CCOC(=O)C1=C(C)NC(=O)NC1c1ccc(CC)cc1. The monoisotopic (exact) mass is 314 g/mol. The highest BCUT2D eigenvalue weighted by molar-refractivity contribution is 5.95. The number of carbonyl (C=O) groups excluding carboxylic acids is 2. The fourth-order valence-corrected chi connectivity index (χ4v) is 2.46. The van der Waals surface area contributed by atoms with E-state index >= 15 is 0 Å². The molecule has 23 heavy (non-hydrogen) atoms. The number of aryl methyl sites for hydroxylation is 1. The van der Waals surface area contributed by atoms with Crippen molar-refractivity contribution in [1.29, 1.82) is 0 Å². The minimum absolute atomic E-state index is 0.210. The van der Waals surface area contributed by atoms with E-state index in [0.29, 0.717) is 11.3 Å². The number of amides is 2. The van der Waals surface area contributed by atoms with E-state index in [0.717, 1.165) is 12.0 Å². The molecule has 1 heterocycles. The lowest BCUT2D eigenvalue weighted by atomic mass is 9.94. The molecule has 0 saturated carbocycles. The number of carbonyl (C=O) groups is 2. The third kappa shape index (κ3) is 4.00. The van der Waals surface area contributed by atoms with Crippen molar-refractivity contribution in [2.24, 2.45) is 0 Å². The highest BCUT2D eigenvalue weighted by Crippen LogP contribution is 2.27. The first-order valence-corrected chi connectivity index (χ1v) is 7.72. The van der Waals surface area contributed by atoms with E-state index in [9.17, 15) is 9.59 Å². The van der Waals surface area contributed by atoms with Crippen LogP contribution in [0.1, 0.15) is 37.9 Å². The molecular weight excluding hydrogens is 292 g/mol. The van der Waals surface area contributed by atoms with E-state index in [-0.39, 0.29) is 12.6 Å². The van der Waals surface area contributed by atoms with Crippen molar-refractivity contribution in [1.82, 2.24) is 10.6 Å². The van der Waals surface area contributed by atoms with Gasteiger partial charge in [0.25, 0.3) is 0 Å². The lowest BCUT2D eigenvalue weighted by Gasteiger charge is -2.28. The van der Waals surface area contributed by atoms with Crippen LogP contribution < -0.4 is 10.6 Å². The first-order valence-electron chi connectivity index (χ1n) is 7.72. The summed E-state index contributed by atoms with van der Waals surface area (Å²) in [7, 11) is 0. The van der Waals surface area contributed by atoms with Gasteiger partial charge in [0.1, 0.15) is 6.61 Å². The standard InChI is InChI=1S/C18H22N2O3/c1-4-6-11-23-17(21)15-12(3)19-18(22)20-16(15)14-9-7-13(5-2)8-10-14/h4,6-10,16H,5,11H2,1-3H3,(H2,19,20,22). The average molecular weight is 314 g/mol. The van der Waals surface area contributed by atoms with Crippen molar-refractivity contribution < 1.29 is 14.3 Å². The Balaban J connectivity index is 2.31. The van der Waals surface area contributed by atoms with Crippen LogP contribution >= 0.6 is 0 Å². The van der Waals surface area contributed by atoms with Gasteiger partial charge in [-0.25, -0.2) is 9.59 Å². The molecule has 2 N–H and O–H groups in total. The Labute approximate surface area is 136 Å². The average Bonchev–Trinajstić information content (AvgIpc) is 2.54. The maximum absolute atomic E-state index is 12.4. The largest absolute Gasteiger partial charge is 0.458 e. The summed E-state index contributed by atoms with van der Waals surface area (Å²) < 4.78 is 5.25. The van der Waals surface area contributed by atoms with Gasteiger partial charge in [-0.05, 0) is 31.4 Å². The molecule has 122 valence electrons. The molecule has 1 atom stereocenters. The third-order valence-electron chi connectivity index (χ3n) is 3.76. The smallest absolute Gasteiger partial charge is 0.338 e. The molecule has 0 aliphatic carbocycles. The number of ether oxygens (including phenoxy) is 1. The number of urea groups is 1. The van der Waals surface area contributed by atoms with Crippen LogP contribution in [0.4, 0.5) is 4.79 Å². The van der Waals surface area contributed by atoms with Gasteiger partial charge in [-0.1, -0.05) is 43.3 Å². The summed E-state index contributed by atoms with van der Waals surface area (Å²) in [4.78, 5) is 24.2. The molecule has 5 heteroatoms. The number of benzene rings is 1. The fourth-order valence-electron chi connectivity index (χ4n) is 2.46. The van der Waals surface area contributed by atoms with Crippen molar-refractivity contribution >= 4 is 12.0 Å².